The zero-order valence-corrected chi connectivity index (χ0v) is 14.4. The van der Waals surface area contributed by atoms with Crippen LogP contribution in [0, 0.1) is 11.8 Å². The first kappa shape index (κ1) is 15.8. The third kappa shape index (κ3) is 9.55. The van der Waals surface area contributed by atoms with E-state index in [9.17, 15) is 0 Å². The molecule has 0 bridgehead atoms. The molecule has 0 aromatic carbocycles. The Morgan fingerprint density at radius 3 is 1.76 bits per heavy atom. The zero-order chi connectivity index (χ0) is 17.0. The Bertz CT molecular complexity index is 275. The van der Waals surface area contributed by atoms with Crippen molar-refractivity contribution in [3.8, 4) is 0 Å². The normalized spacial score (nSPS) is 24.1. The summed E-state index contributed by atoms with van der Waals surface area (Å²) in [4.78, 5) is 0. The molecule has 0 aromatic rings. The number of aliphatic hydroxyl groups is 1. The third-order valence-electron chi connectivity index (χ3n) is 5.36. The van der Waals surface area contributed by atoms with Gasteiger partial charge in [0.15, 0.2) is 0 Å². The summed E-state index contributed by atoms with van der Waals surface area (Å²) in [5.41, 5.74) is 0. The Balaban J connectivity index is 2.00. The minimum absolute atomic E-state index is 0.289. The number of rotatable bonds is 14. The maximum Gasteiger partial charge on any atom is 0.0564 e. The van der Waals surface area contributed by atoms with Crippen LogP contribution in [-0.2, 0) is 0 Å². The molecule has 1 heteroatoms. The van der Waals surface area contributed by atoms with Crippen molar-refractivity contribution >= 4 is 0 Å². The highest BCUT2D eigenvalue weighted by molar-refractivity contribution is 4.77. The van der Waals surface area contributed by atoms with E-state index < -0.39 is 6.56 Å². The second kappa shape index (κ2) is 13.6. The fraction of sp³-hybridized carbons (Fsp3) is 1.00. The van der Waals surface area contributed by atoms with Crippen LogP contribution in [0.2, 0.25) is 0 Å². The first-order chi connectivity index (χ1) is 11.0. The molecule has 0 amide bonds. The van der Waals surface area contributed by atoms with Gasteiger partial charge in [-0.2, -0.15) is 0 Å². The molecule has 1 aliphatic carbocycles. The lowest BCUT2D eigenvalue weighted by molar-refractivity contribution is 0.281. The first-order valence-corrected chi connectivity index (χ1v) is 9.75. The summed E-state index contributed by atoms with van der Waals surface area (Å²) < 4.78 is 14.2. The third-order valence-corrected chi connectivity index (χ3v) is 5.36. The van der Waals surface area contributed by atoms with Gasteiger partial charge in [-0.05, 0) is 18.3 Å². The second-order valence-electron chi connectivity index (χ2n) is 7.12. The van der Waals surface area contributed by atoms with E-state index in [2.05, 4.69) is 6.92 Å². The highest BCUT2D eigenvalue weighted by Gasteiger charge is 2.25. The fourth-order valence-electron chi connectivity index (χ4n) is 4.02. The lowest BCUT2D eigenvalue weighted by Gasteiger charge is -2.19. The quantitative estimate of drug-likeness (QED) is 0.363. The van der Waals surface area contributed by atoms with Crippen LogP contribution >= 0.6 is 0 Å². The Hall–Kier alpha value is -0.0400. The summed E-state index contributed by atoms with van der Waals surface area (Å²) in [6, 6.07) is 0. The highest BCUT2D eigenvalue weighted by Crippen LogP contribution is 2.38. The summed E-state index contributed by atoms with van der Waals surface area (Å²) in [5, 5.41) is 9.07. The van der Waals surface area contributed by atoms with Gasteiger partial charge in [0.1, 0.15) is 0 Å². The van der Waals surface area contributed by atoms with E-state index in [4.69, 9.17) is 7.85 Å². The Morgan fingerprint density at radius 1 is 0.762 bits per heavy atom. The van der Waals surface area contributed by atoms with Gasteiger partial charge in [0.2, 0.25) is 0 Å². The molecule has 0 unspecified atom stereocenters. The summed E-state index contributed by atoms with van der Waals surface area (Å²) >= 11 is 0. The standard InChI is InChI=1S/C20H40O/c1-2-3-4-5-7-10-14-19-16-13-17-20(19)15-11-8-6-9-12-18-21/h19-21H,2-18H2,1H3/t19-,20-/m0/s1/i18D2. The summed E-state index contributed by atoms with van der Waals surface area (Å²) in [5.74, 6) is 1.96. The molecule has 2 atom stereocenters. The van der Waals surface area contributed by atoms with Crippen LogP contribution < -0.4 is 0 Å². The van der Waals surface area contributed by atoms with E-state index in [0.29, 0.717) is 0 Å². The van der Waals surface area contributed by atoms with Crippen LogP contribution in [0.1, 0.15) is 112 Å². The predicted octanol–water partition coefficient (Wildman–Crippen LogP) is 6.49. The zero-order valence-electron chi connectivity index (χ0n) is 16.4. The molecule has 1 nitrogen and oxygen atoms in total. The molecule has 0 aromatic heterocycles. The van der Waals surface area contributed by atoms with E-state index >= 15 is 0 Å². The monoisotopic (exact) mass is 298 g/mol. The van der Waals surface area contributed by atoms with E-state index in [-0.39, 0.29) is 6.42 Å². The highest BCUT2D eigenvalue weighted by atomic mass is 16.2. The van der Waals surface area contributed by atoms with Crippen LogP contribution in [0.4, 0.5) is 0 Å². The molecule has 1 N–H and O–H groups in total. The molecule has 0 aliphatic heterocycles. The molecule has 126 valence electrons. The van der Waals surface area contributed by atoms with Crippen molar-refractivity contribution in [3.05, 3.63) is 0 Å². The van der Waals surface area contributed by atoms with Crippen molar-refractivity contribution in [2.75, 3.05) is 6.56 Å². The maximum absolute atomic E-state index is 9.07. The van der Waals surface area contributed by atoms with Crippen molar-refractivity contribution in [1.29, 1.82) is 0 Å². The molecule has 1 saturated carbocycles. The van der Waals surface area contributed by atoms with Gasteiger partial charge in [0, 0.05) is 6.56 Å². The molecular formula is C20H40O. The van der Waals surface area contributed by atoms with Gasteiger partial charge in [0.05, 0.1) is 2.74 Å². The lowest BCUT2D eigenvalue weighted by atomic mass is 9.86. The Labute approximate surface area is 136 Å². The van der Waals surface area contributed by atoms with Gasteiger partial charge in [0.25, 0.3) is 0 Å². The molecule has 1 rings (SSSR count). The van der Waals surface area contributed by atoms with Gasteiger partial charge in [-0.3, -0.25) is 0 Å². The SMILES string of the molecule is [2H]C([2H])(O)CCCCCC[C@H]1CCC[C@@H]1CCCCCCCC. The van der Waals surface area contributed by atoms with Crippen LogP contribution in [0.3, 0.4) is 0 Å². The fourth-order valence-corrected chi connectivity index (χ4v) is 4.02. The molecule has 0 radical (unpaired) electrons. The average Bonchev–Trinajstić information content (AvgIpc) is 2.93. The number of hydrogen-bond acceptors (Lipinski definition) is 1. The summed E-state index contributed by atoms with van der Waals surface area (Å²) in [6.45, 7) is 0.316. The largest absolute Gasteiger partial charge is 0.396 e. The molecule has 0 spiro atoms. The van der Waals surface area contributed by atoms with E-state index in [1.54, 1.807) is 0 Å². The van der Waals surface area contributed by atoms with Gasteiger partial charge in [-0.25, -0.2) is 0 Å². The van der Waals surface area contributed by atoms with E-state index in [1.807, 2.05) is 0 Å². The molecular weight excluding hydrogens is 256 g/mol. The van der Waals surface area contributed by atoms with Crippen LogP contribution in [0.25, 0.3) is 0 Å². The molecule has 1 aliphatic rings. The number of unbranched alkanes of at least 4 members (excludes halogenated alkanes) is 8. The van der Waals surface area contributed by atoms with Crippen molar-refractivity contribution in [1.82, 2.24) is 0 Å². The smallest absolute Gasteiger partial charge is 0.0564 e. The predicted molar refractivity (Wildman–Crippen MR) is 93.6 cm³/mol. The summed E-state index contributed by atoms with van der Waals surface area (Å²) in [6.07, 6.45) is 20.3. The van der Waals surface area contributed by atoms with Gasteiger partial charge in [-0.15, -0.1) is 0 Å². The van der Waals surface area contributed by atoms with Crippen molar-refractivity contribution in [2.24, 2.45) is 11.8 Å². The molecule has 21 heavy (non-hydrogen) atoms. The Morgan fingerprint density at radius 2 is 1.24 bits per heavy atom. The minimum atomic E-state index is -1.96. The van der Waals surface area contributed by atoms with Crippen molar-refractivity contribution in [3.63, 3.8) is 0 Å². The number of hydrogen-bond donors (Lipinski definition) is 1. The maximum atomic E-state index is 9.07. The van der Waals surface area contributed by atoms with Gasteiger partial charge < -0.3 is 5.11 Å². The van der Waals surface area contributed by atoms with Crippen molar-refractivity contribution < 1.29 is 7.85 Å². The second-order valence-corrected chi connectivity index (χ2v) is 7.12. The van der Waals surface area contributed by atoms with E-state index in [1.165, 1.54) is 83.5 Å². The summed E-state index contributed by atoms with van der Waals surface area (Å²) in [7, 11) is 0. The van der Waals surface area contributed by atoms with E-state index in [0.717, 1.165) is 24.7 Å². The van der Waals surface area contributed by atoms with Gasteiger partial charge >= 0.3 is 0 Å². The first-order valence-electron chi connectivity index (χ1n) is 10.8. The van der Waals surface area contributed by atoms with Gasteiger partial charge in [-0.1, -0.05) is 103 Å². The van der Waals surface area contributed by atoms with Crippen LogP contribution in [0.15, 0.2) is 0 Å². The molecule has 0 saturated heterocycles. The molecule has 1 fully saturated rings. The topological polar surface area (TPSA) is 20.2 Å². The van der Waals surface area contributed by atoms with Crippen molar-refractivity contribution in [2.45, 2.75) is 110 Å². The Kier molecular flexibility index (Phi) is 10.3. The molecule has 0 heterocycles. The van der Waals surface area contributed by atoms with Crippen LogP contribution in [0.5, 0.6) is 0 Å². The van der Waals surface area contributed by atoms with Crippen LogP contribution in [-0.4, -0.2) is 11.7 Å². The lowest BCUT2D eigenvalue weighted by Crippen LogP contribution is -2.08. The average molecular weight is 299 g/mol. The minimum Gasteiger partial charge on any atom is -0.396 e.